The third kappa shape index (κ3) is 5.25. The molecule has 1 aliphatic heterocycles. The van der Waals surface area contributed by atoms with E-state index >= 15 is 0 Å². The first-order valence-corrected chi connectivity index (χ1v) is 12.8. The van der Waals surface area contributed by atoms with E-state index in [4.69, 9.17) is 19.0 Å². The topological polar surface area (TPSA) is 82.1 Å². The molecule has 0 fully saturated rings. The highest BCUT2D eigenvalue weighted by atomic mass is 28.4. The molecule has 168 valence electrons. The van der Waals surface area contributed by atoms with E-state index in [0.717, 1.165) is 16.7 Å². The number of carboxylic acid groups (broad SMARTS) is 1. The molecule has 0 bridgehead atoms. The molecule has 1 aromatic carbocycles. The Hall–Kier alpha value is -2.28. The average Bonchev–Trinajstić information content (AvgIpc) is 2.98. The van der Waals surface area contributed by atoms with Gasteiger partial charge >= 0.3 is 11.9 Å². The van der Waals surface area contributed by atoms with Gasteiger partial charge in [0.05, 0.1) is 7.11 Å². The number of carboxylic acids is 1. The third-order valence-corrected chi connectivity index (χ3v) is 10.1. The Bertz CT molecular complexity index is 833. The van der Waals surface area contributed by atoms with Crippen LogP contribution in [0.15, 0.2) is 12.2 Å². The van der Waals surface area contributed by atoms with Crippen LogP contribution in [0.3, 0.4) is 0 Å². The van der Waals surface area contributed by atoms with Gasteiger partial charge in [-0.1, -0.05) is 40.3 Å². The van der Waals surface area contributed by atoms with Gasteiger partial charge in [-0.15, -0.1) is 0 Å². The molecule has 0 amide bonds. The maximum Gasteiger partial charge on any atom is 0.342 e. The quantitative estimate of drug-likeness (QED) is 0.322. The molecule has 0 saturated carbocycles. The summed E-state index contributed by atoms with van der Waals surface area (Å²) >= 11 is 0. The Labute approximate surface area is 181 Å². The number of carbonyl (C=O) groups is 2. The van der Waals surface area contributed by atoms with E-state index in [0.29, 0.717) is 29.9 Å². The molecule has 0 radical (unpaired) electrons. The van der Waals surface area contributed by atoms with Crippen molar-refractivity contribution in [2.75, 3.05) is 7.11 Å². The lowest BCUT2D eigenvalue weighted by Gasteiger charge is -2.37. The van der Waals surface area contributed by atoms with Gasteiger partial charge in [-0.25, -0.2) is 4.79 Å². The van der Waals surface area contributed by atoms with Crippen molar-refractivity contribution in [2.24, 2.45) is 0 Å². The van der Waals surface area contributed by atoms with Crippen LogP contribution in [-0.2, 0) is 22.6 Å². The van der Waals surface area contributed by atoms with E-state index in [1.807, 2.05) is 19.1 Å². The molecular weight excluding hydrogens is 400 g/mol. The Morgan fingerprint density at radius 2 is 1.87 bits per heavy atom. The molecule has 6 nitrogen and oxygen atoms in total. The molecule has 0 saturated heterocycles. The van der Waals surface area contributed by atoms with Gasteiger partial charge in [-0.3, -0.25) is 4.79 Å². The Balaban J connectivity index is 0.00000450. The van der Waals surface area contributed by atoms with Crippen LogP contribution in [-0.4, -0.2) is 32.5 Å². The van der Waals surface area contributed by atoms with E-state index in [1.54, 1.807) is 7.11 Å². The van der Waals surface area contributed by atoms with Crippen molar-refractivity contribution >= 4 is 20.3 Å². The minimum Gasteiger partial charge on any atom is -0.543 e. The van der Waals surface area contributed by atoms with E-state index < -0.39 is 14.3 Å². The van der Waals surface area contributed by atoms with Crippen LogP contribution >= 0.6 is 0 Å². The number of hydrogen-bond acceptors (Lipinski definition) is 5. The Kier molecular flexibility index (Phi) is 8.31. The smallest absolute Gasteiger partial charge is 0.342 e. The number of ether oxygens (including phenoxy) is 2. The van der Waals surface area contributed by atoms with Gasteiger partial charge in [0.1, 0.15) is 23.7 Å². The summed E-state index contributed by atoms with van der Waals surface area (Å²) in [6.07, 6.45) is 4.75. The highest BCUT2D eigenvalue weighted by Gasteiger charge is 2.42. The molecule has 0 aromatic heterocycles. The van der Waals surface area contributed by atoms with Gasteiger partial charge in [0.25, 0.3) is 8.32 Å². The minimum atomic E-state index is -2.24. The third-order valence-electron chi connectivity index (χ3n) is 5.80. The highest BCUT2D eigenvalue weighted by molar-refractivity contribution is 6.74. The van der Waals surface area contributed by atoms with Crippen molar-refractivity contribution in [3.05, 3.63) is 34.4 Å². The van der Waals surface area contributed by atoms with Crippen LogP contribution < -0.4 is 9.16 Å². The summed E-state index contributed by atoms with van der Waals surface area (Å²) in [5, 5.41) is 8.76. The minimum absolute atomic E-state index is 0. The zero-order valence-corrected chi connectivity index (χ0v) is 19.5. The molecule has 1 aliphatic rings. The normalized spacial score (nSPS) is 13.6. The molecule has 1 aromatic rings. The summed E-state index contributed by atoms with van der Waals surface area (Å²) in [7, 11) is -0.626. The molecule has 0 unspecified atom stereocenters. The molecule has 1 heterocycles. The first-order valence-electron chi connectivity index (χ1n) is 9.86. The summed E-state index contributed by atoms with van der Waals surface area (Å²) in [5.74, 6) is 0.0546. The second-order valence-electron chi connectivity index (χ2n) is 8.87. The monoisotopic (exact) mass is 436 g/mol. The second-order valence-corrected chi connectivity index (χ2v) is 13.6. The largest absolute Gasteiger partial charge is 0.543 e. The summed E-state index contributed by atoms with van der Waals surface area (Å²) < 4.78 is 17.7. The predicted molar refractivity (Wildman–Crippen MR) is 121 cm³/mol. The van der Waals surface area contributed by atoms with Crippen LogP contribution in [0.5, 0.6) is 11.5 Å². The lowest BCUT2D eigenvalue weighted by molar-refractivity contribution is -0.136. The average molecular weight is 437 g/mol. The number of aliphatic carboxylic acids is 1. The van der Waals surface area contributed by atoms with E-state index in [1.165, 1.54) is 0 Å². The van der Waals surface area contributed by atoms with Gasteiger partial charge in [0, 0.05) is 17.5 Å². The van der Waals surface area contributed by atoms with Crippen LogP contribution in [0.4, 0.5) is 0 Å². The zero-order valence-electron chi connectivity index (χ0n) is 18.5. The van der Waals surface area contributed by atoms with Gasteiger partial charge in [0.2, 0.25) is 0 Å². The van der Waals surface area contributed by atoms with Gasteiger partial charge in [-0.05, 0) is 43.5 Å². The van der Waals surface area contributed by atoms with Crippen molar-refractivity contribution in [3.8, 4) is 11.5 Å². The molecule has 2 rings (SSSR count). The number of hydrogen-bond donors (Lipinski definition) is 1. The van der Waals surface area contributed by atoms with E-state index in [2.05, 4.69) is 33.9 Å². The number of cyclic esters (lactones) is 1. The lowest BCUT2D eigenvalue weighted by atomic mass is 9.95. The SMILES string of the molecule is C.COc1c(C)c2c(c(O[Si](C)(C)C(C)(C)C)c1C/C=C/CCC(=O)O)C(=O)OC2. The van der Waals surface area contributed by atoms with Crippen molar-refractivity contribution < 1.29 is 28.6 Å². The number of rotatable bonds is 8. The lowest BCUT2D eigenvalue weighted by Crippen LogP contribution is -2.44. The fourth-order valence-electron chi connectivity index (χ4n) is 3.06. The summed E-state index contributed by atoms with van der Waals surface area (Å²) in [6, 6.07) is 0. The Morgan fingerprint density at radius 3 is 2.40 bits per heavy atom. The number of methoxy groups -OCH3 is 1. The number of carbonyl (C=O) groups excluding carboxylic acids is 1. The van der Waals surface area contributed by atoms with Crippen LogP contribution in [0.25, 0.3) is 0 Å². The first kappa shape index (κ1) is 25.8. The standard InChI is InChI=1S/C22H32O6Si.CH4/c1-14-16-13-27-21(25)18(16)20(28-29(6,7)22(2,3)4)15(19(14)26-5)11-9-8-10-12-17(23)24;/h8-9H,10-13H2,1-7H3,(H,23,24);1H4/b9-8+;. The predicted octanol–water partition coefficient (Wildman–Crippen LogP) is 5.66. The Morgan fingerprint density at radius 1 is 1.23 bits per heavy atom. The number of esters is 1. The van der Waals surface area contributed by atoms with E-state index in [9.17, 15) is 9.59 Å². The van der Waals surface area contributed by atoms with E-state index in [-0.39, 0.29) is 31.5 Å². The van der Waals surface area contributed by atoms with Crippen LogP contribution in [0.2, 0.25) is 18.1 Å². The maximum atomic E-state index is 12.6. The molecule has 0 spiro atoms. The fourth-order valence-corrected chi connectivity index (χ4v) is 4.10. The maximum absolute atomic E-state index is 12.6. The van der Waals surface area contributed by atoms with Gasteiger partial charge in [-0.2, -0.15) is 0 Å². The molecule has 30 heavy (non-hydrogen) atoms. The number of allylic oxidation sites excluding steroid dienone is 2. The fraction of sp³-hybridized carbons (Fsp3) is 0.565. The molecule has 0 aliphatic carbocycles. The molecule has 1 N–H and O–H groups in total. The van der Waals surface area contributed by atoms with Crippen molar-refractivity contribution in [3.63, 3.8) is 0 Å². The summed E-state index contributed by atoms with van der Waals surface area (Å²) in [5.41, 5.74) is 3.00. The second kappa shape index (κ2) is 9.68. The molecule has 7 heteroatoms. The van der Waals surface area contributed by atoms with Crippen molar-refractivity contribution in [1.29, 1.82) is 0 Å². The van der Waals surface area contributed by atoms with Gasteiger partial charge in [0.15, 0.2) is 0 Å². The summed E-state index contributed by atoms with van der Waals surface area (Å²) in [6.45, 7) is 12.9. The number of fused-ring (bicyclic) bond motifs is 1. The van der Waals surface area contributed by atoms with Crippen LogP contribution in [0.1, 0.15) is 68.1 Å². The van der Waals surface area contributed by atoms with Crippen molar-refractivity contribution in [2.45, 2.75) is 79.1 Å². The van der Waals surface area contributed by atoms with Gasteiger partial charge < -0.3 is 19.0 Å². The van der Waals surface area contributed by atoms with Crippen LogP contribution in [0, 0.1) is 6.92 Å². The summed E-state index contributed by atoms with van der Waals surface area (Å²) in [4.78, 5) is 23.3. The number of benzene rings is 1. The van der Waals surface area contributed by atoms with Crippen molar-refractivity contribution in [1.82, 2.24) is 0 Å². The molecular formula is C23H36O6Si. The highest BCUT2D eigenvalue weighted by Crippen LogP contribution is 2.46. The zero-order chi connectivity index (χ0) is 22.0. The molecule has 0 atom stereocenters. The first-order chi connectivity index (χ1) is 13.4.